The summed E-state index contributed by atoms with van der Waals surface area (Å²) in [6.07, 6.45) is 1.93. The van der Waals surface area contributed by atoms with E-state index in [0.717, 1.165) is 10.2 Å². The minimum Gasteiger partial charge on any atom is -0.396 e. The lowest BCUT2D eigenvalue weighted by molar-refractivity contribution is 0.985. The molecule has 2 aromatic heterocycles. The van der Waals surface area contributed by atoms with Gasteiger partial charge in [-0.15, -0.1) is 0 Å². The third-order valence-corrected chi connectivity index (χ3v) is 2.89. The maximum absolute atomic E-state index is 5.75. The largest absolute Gasteiger partial charge is 0.396 e. The van der Waals surface area contributed by atoms with Crippen molar-refractivity contribution in [1.29, 1.82) is 0 Å². The molecule has 2 heterocycles. The molecule has 4 nitrogen and oxygen atoms in total. The van der Waals surface area contributed by atoms with E-state index in [2.05, 4.69) is 5.43 Å². The van der Waals surface area contributed by atoms with Gasteiger partial charge in [-0.1, -0.05) is 11.3 Å². The Hall–Kier alpha value is -1.36. The molecule has 0 aromatic carbocycles. The van der Waals surface area contributed by atoms with Crippen LogP contribution < -0.4 is 16.9 Å². The van der Waals surface area contributed by atoms with Crippen LogP contribution >= 0.6 is 11.3 Å². The van der Waals surface area contributed by atoms with Crippen molar-refractivity contribution in [2.24, 2.45) is 0 Å². The fraction of sp³-hybridized carbons (Fsp3) is 0.143. The molecule has 0 saturated carbocycles. The Bertz CT molecular complexity index is 414. The molecule has 0 aliphatic heterocycles. The van der Waals surface area contributed by atoms with Crippen molar-refractivity contribution < 1.29 is 0 Å². The van der Waals surface area contributed by atoms with E-state index in [9.17, 15) is 0 Å². The summed E-state index contributed by atoms with van der Waals surface area (Å²) >= 11 is 1.49. The van der Waals surface area contributed by atoms with E-state index in [4.69, 9.17) is 11.5 Å². The van der Waals surface area contributed by atoms with Crippen LogP contribution in [0.25, 0.3) is 10.2 Å². The summed E-state index contributed by atoms with van der Waals surface area (Å²) < 4.78 is 1.90. The van der Waals surface area contributed by atoms with Crippen molar-refractivity contribution in [3.63, 3.8) is 0 Å². The number of nitrogens with one attached hydrogen (secondary N) is 1. The van der Waals surface area contributed by atoms with E-state index < -0.39 is 0 Å². The molecule has 5 N–H and O–H groups in total. The van der Waals surface area contributed by atoms with Gasteiger partial charge in [0.25, 0.3) is 0 Å². The van der Waals surface area contributed by atoms with Crippen molar-refractivity contribution >= 4 is 32.2 Å². The predicted molar refractivity (Wildman–Crippen MR) is 53.9 cm³/mol. The molecule has 12 heavy (non-hydrogen) atoms. The number of aromatic nitrogens is 1. The highest BCUT2D eigenvalue weighted by molar-refractivity contribution is 7.23. The smallest absolute Gasteiger partial charge is 0.126 e. The lowest BCUT2D eigenvalue weighted by Gasteiger charge is -1.98. The number of nitrogens with zero attached hydrogens (tertiary/aromatic N) is 1. The highest BCUT2D eigenvalue weighted by Crippen LogP contribution is 2.35. The zero-order valence-corrected chi connectivity index (χ0v) is 7.48. The van der Waals surface area contributed by atoms with E-state index in [1.165, 1.54) is 11.3 Å². The summed E-state index contributed by atoms with van der Waals surface area (Å²) in [5, 5.41) is 1.71. The van der Waals surface area contributed by atoms with E-state index in [1.807, 2.05) is 24.0 Å². The number of nitrogen functional groups attached to an aromatic ring is 2. The SMILES string of the molecule is CNn1ccc2c(N)c(N)sc21. The fourth-order valence-electron chi connectivity index (χ4n) is 1.19. The molecular formula is C7H10N4S. The third kappa shape index (κ3) is 0.767. The molecule has 64 valence electrons. The lowest BCUT2D eigenvalue weighted by Crippen LogP contribution is -2.04. The molecule has 0 atom stereocenters. The molecule has 0 amide bonds. The second-order valence-corrected chi connectivity index (χ2v) is 3.54. The van der Waals surface area contributed by atoms with Gasteiger partial charge in [-0.2, -0.15) is 0 Å². The Labute approximate surface area is 73.7 Å². The molecule has 0 aliphatic rings. The average Bonchev–Trinajstić information content (AvgIpc) is 2.55. The molecule has 0 spiro atoms. The Morgan fingerprint density at radius 2 is 2.25 bits per heavy atom. The highest BCUT2D eigenvalue weighted by Gasteiger charge is 2.09. The standard InChI is InChI=1S/C7H10N4S/c1-10-11-3-2-4-5(8)6(9)12-7(4)11/h2-3,10H,8-9H2,1H3. The summed E-state index contributed by atoms with van der Waals surface area (Å²) in [7, 11) is 1.85. The summed E-state index contributed by atoms with van der Waals surface area (Å²) in [6, 6.07) is 1.95. The molecule has 0 unspecified atom stereocenters. The van der Waals surface area contributed by atoms with Gasteiger partial charge in [-0.25, -0.2) is 0 Å². The van der Waals surface area contributed by atoms with Crippen LogP contribution in [0, 0.1) is 0 Å². The Morgan fingerprint density at radius 1 is 1.50 bits per heavy atom. The predicted octanol–water partition coefficient (Wildman–Crippen LogP) is 1.04. The molecular weight excluding hydrogens is 172 g/mol. The van der Waals surface area contributed by atoms with E-state index in [1.54, 1.807) is 0 Å². The minimum atomic E-state index is 0.684. The van der Waals surface area contributed by atoms with Crippen LogP contribution in [0.5, 0.6) is 0 Å². The Morgan fingerprint density at radius 3 is 2.92 bits per heavy atom. The number of thiophene rings is 1. The summed E-state index contributed by atoms with van der Waals surface area (Å²) in [6.45, 7) is 0. The molecule has 5 heteroatoms. The average molecular weight is 182 g/mol. The molecule has 2 aromatic rings. The number of hydrogen-bond donors (Lipinski definition) is 3. The third-order valence-electron chi connectivity index (χ3n) is 1.84. The van der Waals surface area contributed by atoms with Crippen molar-refractivity contribution in [3.05, 3.63) is 12.3 Å². The van der Waals surface area contributed by atoms with Crippen LogP contribution in [-0.2, 0) is 0 Å². The summed E-state index contributed by atoms with van der Waals surface area (Å²) in [5.41, 5.74) is 15.1. The van der Waals surface area contributed by atoms with Crippen LogP contribution in [0.15, 0.2) is 12.3 Å². The van der Waals surface area contributed by atoms with Gasteiger partial charge in [-0.05, 0) is 6.07 Å². The number of fused-ring (bicyclic) bond motifs is 1. The molecule has 0 radical (unpaired) electrons. The first kappa shape index (κ1) is 7.30. The van der Waals surface area contributed by atoms with Gasteiger partial charge < -0.3 is 16.9 Å². The van der Waals surface area contributed by atoms with Crippen LogP contribution in [0.2, 0.25) is 0 Å². The molecule has 2 rings (SSSR count). The quantitative estimate of drug-likeness (QED) is 0.617. The van der Waals surface area contributed by atoms with Crippen LogP contribution in [0.4, 0.5) is 10.7 Å². The second-order valence-electron chi connectivity index (χ2n) is 2.51. The maximum atomic E-state index is 5.75. The molecule has 0 fully saturated rings. The zero-order valence-electron chi connectivity index (χ0n) is 6.66. The lowest BCUT2D eigenvalue weighted by atomic mass is 10.3. The Kier molecular flexibility index (Phi) is 1.41. The topological polar surface area (TPSA) is 69.0 Å². The Balaban J connectivity index is 2.79. The van der Waals surface area contributed by atoms with Gasteiger partial charge in [0.05, 0.1) is 5.69 Å². The van der Waals surface area contributed by atoms with Crippen LogP contribution in [0.1, 0.15) is 0 Å². The zero-order chi connectivity index (χ0) is 8.72. The normalized spacial score (nSPS) is 10.8. The summed E-state index contributed by atoms with van der Waals surface area (Å²) in [4.78, 5) is 1.06. The fourth-order valence-corrected chi connectivity index (χ4v) is 2.16. The van der Waals surface area contributed by atoms with Gasteiger partial charge in [-0.3, -0.25) is 4.68 Å². The van der Waals surface area contributed by atoms with Crippen molar-refractivity contribution in [2.45, 2.75) is 0 Å². The number of rotatable bonds is 1. The first-order chi connectivity index (χ1) is 5.74. The van der Waals surface area contributed by atoms with E-state index >= 15 is 0 Å². The highest BCUT2D eigenvalue weighted by atomic mass is 32.1. The van der Waals surface area contributed by atoms with Crippen molar-refractivity contribution in [1.82, 2.24) is 4.68 Å². The molecule has 0 bridgehead atoms. The van der Waals surface area contributed by atoms with Gasteiger partial charge in [0.1, 0.15) is 9.83 Å². The number of hydrogen-bond acceptors (Lipinski definition) is 4. The maximum Gasteiger partial charge on any atom is 0.126 e. The van der Waals surface area contributed by atoms with Gasteiger partial charge in [0, 0.05) is 18.6 Å². The van der Waals surface area contributed by atoms with Gasteiger partial charge in [0.2, 0.25) is 0 Å². The first-order valence-corrected chi connectivity index (χ1v) is 4.38. The second kappa shape index (κ2) is 2.31. The van der Waals surface area contributed by atoms with Crippen LogP contribution in [0.3, 0.4) is 0 Å². The van der Waals surface area contributed by atoms with Crippen LogP contribution in [-0.4, -0.2) is 11.7 Å². The van der Waals surface area contributed by atoms with E-state index in [0.29, 0.717) is 10.7 Å². The van der Waals surface area contributed by atoms with Gasteiger partial charge in [0.15, 0.2) is 0 Å². The van der Waals surface area contributed by atoms with Gasteiger partial charge >= 0.3 is 0 Å². The van der Waals surface area contributed by atoms with Crippen molar-refractivity contribution in [2.75, 3.05) is 23.9 Å². The number of anilines is 2. The molecule has 0 saturated heterocycles. The molecule has 0 aliphatic carbocycles. The first-order valence-electron chi connectivity index (χ1n) is 3.56. The summed E-state index contributed by atoms with van der Waals surface area (Å²) in [5.74, 6) is 0. The van der Waals surface area contributed by atoms with Crippen molar-refractivity contribution in [3.8, 4) is 0 Å². The minimum absolute atomic E-state index is 0.684. The monoisotopic (exact) mass is 182 g/mol. The number of nitrogens with two attached hydrogens (primary N) is 2. The van der Waals surface area contributed by atoms with E-state index in [-0.39, 0.29) is 0 Å².